The summed E-state index contributed by atoms with van der Waals surface area (Å²) in [6.45, 7) is 7.17. The molecule has 0 heterocycles. The van der Waals surface area contributed by atoms with Gasteiger partial charge in [0.15, 0.2) is 0 Å². The topological polar surface area (TPSA) is 83.9 Å². The third-order valence-electron chi connectivity index (χ3n) is 2.96. The molecule has 0 saturated carbocycles. The van der Waals surface area contributed by atoms with Gasteiger partial charge in [-0.05, 0) is 13.3 Å². The Kier molecular flexibility index (Phi) is 7.79. The molecule has 0 radical (unpaired) electrons. The minimum absolute atomic E-state index is 0.128. The van der Waals surface area contributed by atoms with E-state index in [0.717, 1.165) is 0 Å². The van der Waals surface area contributed by atoms with Crippen LogP contribution in [0.1, 0.15) is 34.1 Å². The number of carbonyl (C=O) groups excluding carboxylic acids is 2. The second kappa shape index (κ2) is 8.50. The molecule has 6 heteroatoms. The Balaban J connectivity index is 4.73. The summed E-state index contributed by atoms with van der Waals surface area (Å²) in [5.74, 6) is -3.27. The zero-order valence-electron chi connectivity index (χ0n) is 12.0. The molecule has 1 N–H and O–H groups in total. The SMILES string of the molecule is CCCN(CC(=O)OCC)C(=O)C(C)C(C)C(=O)O. The number of carboxylic acid groups (broad SMARTS) is 1. The van der Waals surface area contributed by atoms with E-state index in [1.165, 1.54) is 11.8 Å². The molecule has 0 aromatic carbocycles. The molecule has 0 aromatic heterocycles. The van der Waals surface area contributed by atoms with Crippen LogP contribution in [0.3, 0.4) is 0 Å². The molecule has 6 nitrogen and oxygen atoms in total. The molecule has 0 spiro atoms. The number of hydrogen-bond donors (Lipinski definition) is 1. The lowest BCUT2D eigenvalue weighted by molar-refractivity contribution is -0.153. The maximum atomic E-state index is 12.2. The fraction of sp³-hybridized carbons (Fsp3) is 0.769. The van der Waals surface area contributed by atoms with Crippen LogP contribution in [0, 0.1) is 11.8 Å². The van der Waals surface area contributed by atoms with Crippen LogP contribution in [0.4, 0.5) is 0 Å². The van der Waals surface area contributed by atoms with Crippen LogP contribution in [0.2, 0.25) is 0 Å². The van der Waals surface area contributed by atoms with E-state index in [1.807, 2.05) is 6.92 Å². The molecule has 2 atom stereocenters. The molecule has 2 unspecified atom stereocenters. The highest BCUT2D eigenvalue weighted by atomic mass is 16.5. The summed E-state index contributed by atoms with van der Waals surface area (Å²) in [4.78, 5) is 35.9. The third kappa shape index (κ3) is 5.72. The highest BCUT2D eigenvalue weighted by Crippen LogP contribution is 2.15. The molecule has 110 valence electrons. The molecule has 0 aliphatic rings. The summed E-state index contributed by atoms with van der Waals surface area (Å²) in [6, 6.07) is 0. The number of rotatable bonds is 8. The number of carboxylic acids is 1. The van der Waals surface area contributed by atoms with Crippen LogP contribution in [-0.2, 0) is 19.1 Å². The van der Waals surface area contributed by atoms with Gasteiger partial charge in [0.25, 0.3) is 0 Å². The largest absolute Gasteiger partial charge is 0.481 e. The van der Waals surface area contributed by atoms with Crippen molar-refractivity contribution in [2.24, 2.45) is 11.8 Å². The maximum Gasteiger partial charge on any atom is 0.325 e. The maximum absolute atomic E-state index is 12.2. The quantitative estimate of drug-likeness (QED) is 0.670. The van der Waals surface area contributed by atoms with Crippen molar-refractivity contribution in [2.45, 2.75) is 34.1 Å². The molecule has 0 aromatic rings. The van der Waals surface area contributed by atoms with Crippen LogP contribution in [0.25, 0.3) is 0 Å². The highest BCUT2D eigenvalue weighted by molar-refractivity contribution is 5.87. The van der Waals surface area contributed by atoms with E-state index in [-0.39, 0.29) is 19.1 Å². The van der Waals surface area contributed by atoms with Crippen LogP contribution in [0.5, 0.6) is 0 Å². The Morgan fingerprint density at radius 3 is 2.16 bits per heavy atom. The van der Waals surface area contributed by atoms with E-state index in [4.69, 9.17) is 9.84 Å². The van der Waals surface area contributed by atoms with Gasteiger partial charge in [-0.3, -0.25) is 14.4 Å². The minimum atomic E-state index is -1.02. The summed E-state index contributed by atoms with van der Waals surface area (Å²) < 4.78 is 4.81. The smallest absolute Gasteiger partial charge is 0.325 e. The minimum Gasteiger partial charge on any atom is -0.481 e. The van der Waals surface area contributed by atoms with E-state index in [0.29, 0.717) is 13.0 Å². The lowest BCUT2D eigenvalue weighted by Gasteiger charge is -2.26. The Morgan fingerprint density at radius 1 is 1.16 bits per heavy atom. The van der Waals surface area contributed by atoms with E-state index < -0.39 is 23.8 Å². The monoisotopic (exact) mass is 273 g/mol. The average Bonchev–Trinajstić information content (AvgIpc) is 2.35. The van der Waals surface area contributed by atoms with Crippen molar-refractivity contribution in [1.82, 2.24) is 4.90 Å². The Morgan fingerprint density at radius 2 is 1.74 bits per heavy atom. The summed E-state index contributed by atoms with van der Waals surface area (Å²) in [5, 5.41) is 8.92. The van der Waals surface area contributed by atoms with Gasteiger partial charge >= 0.3 is 11.9 Å². The first kappa shape index (κ1) is 17.4. The number of ether oxygens (including phenoxy) is 1. The fourth-order valence-corrected chi connectivity index (χ4v) is 1.62. The molecular formula is C13H23NO5. The Bertz CT molecular complexity index is 329. The van der Waals surface area contributed by atoms with Crippen LogP contribution >= 0.6 is 0 Å². The zero-order chi connectivity index (χ0) is 15.0. The molecule has 0 saturated heterocycles. The lowest BCUT2D eigenvalue weighted by atomic mass is 9.94. The number of nitrogens with zero attached hydrogens (tertiary/aromatic N) is 1. The van der Waals surface area contributed by atoms with Gasteiger partial charge in [-0.1, -0.05) is 20.8 Å². The van der Waals surface area contributed by atoms with Gasteiger partial charge < -0.3 is 14.7 Å². The van der Waals surface area contributed by atoms with Crippen molar-refractivity contribution in [2.75, 3.05) is 19.7 Å². The van der Waals surface area contributed by atoms with Crippen LogP contribution in [0.15, 0.2) is 0 Å². The number of hydrogen-bond acceptors (Lipinski definition) is 4. The average molecular weight is 273 g/mol. The summed E-state index contributed by atoms with van der Waals surface area (Å²) in [6.07, 6.45) is 0.694. The van der Waals surface area contributed by atoms with Crippen molar-refractivity contribution < 1.29 is 24.2 Å². The van der Waals surface area contributed by atoms with Crippen molar-refractivity contribution in [3.63, 3.8) is 0 Å². The van der Waals surface area contributed by atoms with Gasteiger partial charge in [-0.25, -0.2) is 0 Å². The fourth-order valence-electron chi connectivity index (χ4n) is 1.62. The summed E-state index contributed by atoms with van der Waals surface area (Å²) >= 11 is 0. The zero-order valence-corrected chi connectivity index (χ0v) is 12.0. The Labute approximate surface area is 113 Å². The molecule has 0 bridgehead atoms. The number of esters is 1. The number of carbonyl (C=O) groups is 3. The van der Waals surface area contributed by atoms with E-state index in [1.54, 1.807) is 13.8 Å². The van der Waals surface area contributed by atoms with Gasteiger partial charge in [-0.2, -0.15) is 0 Å². The summed E-state index contributed by atoms with van der Waals surface area (Å²) in [5.41, 5.74) is 0. The van der Waals surface area contributed by atoms with E-state index >= 15 is 0 Å². The van der Waals surface area contributed by atoms with Crippen molar-refractivity contribution in [3.05, 3.63) is 0 Å². The van der Waals surface area contributed by atoms with Crippen molar-refractivity contribution >= 4 is 17.8 Å². The van der Waals surface area contributed by atoms with Gasteiger partial charge in [-0.15, -0.1) is 0 Å². The lowest BCUT2D eigenvalue weighted by Crippen LogP contribution is -2.42. The van der Waals surface area contributed by atoms with Gasteiger partial charge in [0.05, 0.1) is 12.5 Å². The summed E-state index contributed by atoms with van der Waals surface area (Å²) in [7, 11) is 0. The van der Waals surface area contributed by atoms with Gasteiger partial charge in [0.1, 0.15) is 6.54 Å². The van der Waals surface area contributed by atoms with E-state index in [9.17, 15) is 14.4 Å². The predicted molar refractivity (Wildman–Crippen MR) is 69.5 cm³/mol. The second-order valence-corrected chi connectivity index (χ2v) is 4.48. The molecule has 1 amide bonds. The number of aliphatic carboxylic acids is 1. The van der Waals surface area contributed by atoms with Crippen LogP contribution < -0.4 is 0 Å². The Hall–Kier alpha value is -1.59. The molecule has 0 fully saturated rings. The van der Waals surface area contributed by atoms with Gasteiger partial charge in [0.2, 0.25) is 5.91 Å². The first-order chi connectivity index (χ1) is 8.84. The molecule has 0 aliphatic carbocycles. The standard InChI is InChI=1S/C13H23NO5/c1-5-7-14(8-11(15)19-6-2)12(16)9(3)10(4)13(17)18/h9-10H,5-8H2,1-4H3,(H,17,18). The van der Waals surface area contributed by atoms with Crippen molar-refractivity contribution in [1.29, 1.82) is 0 Å². The molecule has 0 rings (SSSR count). The molecule has 19 heavy (non-hydrogen) atoms. The predicted octanol–water partition coefficient (Wildman–Crippen LogP) is 1.14. The molecular weight excluding hydrogens is 250 g/mol. The third-order valence-corrected chi connectivity index (χ3v) is 2.96. The number of amides is 1. The first-order valence-corrected chi connectivity index (χ1v) is 6.52. The van der Waals surface area contributed by atoms with Crippen LogP contribution in [-0.4, -0.2) is 47.5 Å². The second-order valence-electron chi connectivity index (χ2n) is 4.48. The van der Waals surface area contributed by atoms with Gasteiger partial charge in [0, 0.05) is 12.5 Å². The molecule has 0 aliphatic heterocycles. The van der Waals surface area contributed by atoms with Crippen molar-refractivity contribution in [3.8, 4) is 0 Å². The van der Waals surface area contributed by atoms with E-state index in [2.05, 4.69) is 0 Å². The normalized spacial score (nSPS) is 13.5. The first-order valence-electron chi connectivity index (χ1n) is 6.52. The highest BCUT2D eigenvalue weighted by Gasteiger charge is 2.30.